The largest absolute Gasteiger partial charge is 0.369 e. The minimum atomic E-state index is -0.438. The van der Waals surface area contributed by atoms with Crippen LogP contribution < -0.4 is 5.73 Å². The average Bonchev–Trinajstić information content (AvgIpc) is 2.54. The van der Waals surface area contributed by atoms with E-state index in [1.165, 1.54) is 12.1 Å². The minimum absolute atomic E-state index is 0.0754. The third-order valence-electron chi connectivity index (χ3n) is 4.96. The van der Waals surface area contributed by atoms with Crippen molar-refractivity contribution in [3.8, 4) is 0 Å². The number of nitrogens with zero attached hydrogens (tertiary/aromatic N) is 2. The lowest BCUT2D eigenvalue weighted by Gasteiger charge is -2.08. The normalized spacial score (nSPS) is 20.9. The SMILES string of the molecule is CC1(C)C(n2c(N)nc3cc(Cl)c(F)cc32)C1(C)C. The molecular formula is C14H17ClFN3. The number of fused-ring (bicyclic) bond motifs is 1. The highest BCUT2D eigenvalue weighted by Gasteiger charge is 2.66. The second kappa shape index (κ2) is 3.42. The van der Waals surface area contributed by atoms with Crippen LogP contribution in [0, 0.1) is 16.6 Å². The van der Waals surface area contributed by atoms with Crippen molar-refractivity contribution in [2.24, 2.45) is 10.8 Å². The smallest absolute Gasteiger partial charge is 0.201 e. The summed E-state index contributed by atoms with van der Waals surface area (Å²) in [6.07, 6.45) is 0. The van der Waals surface area contributed by atoms with Crippen molar-refractivity contribution < 1.29 is 4.39 Å². The van der Waals surface area contributed by atoms with Gasteiger partial charge < -0.3 is 10.3 Å². The lowest BCUT2D eigenvalue weighted by atomic mass is 10.0. The van der Waals surface area contributed by atoms with Crippen LogP contribution >= 0.6 is 11.6 Å². The van der Waals surface area contributed by atoms with Crippen molar-refractivity contribution in [1.29, 1.82) is 0 Å². The molecule has 1 aliphatic carbocycles. The molecule has 3 nitrogen and oxygen atoms in total. The van der Waals surface area contributed by atoms with Gasteiger partial charge in [-0.05, 0) is 16.9 Å². The molecule has 102 valence electrons. The maximum absolute atomic E-state index is 13.7. The van der Waals surface area contributed by atoms with Gasteiger partial charge in [-0.15, -0.1) is 0 Å². The van der Waals surface area contributed by atoms with Crippen LogP contribution in [0.15, 0.2) is 12.1 Å². The van der Waals surface area contributed by atoms with Gasteiger partial charge >= 0.3 is 0 Å². The molecule has 1 aromatic carbocycles. The second-order valence-electron chi connectivity index (χ2n) is 6.44. The van der Waals surface area contributed by atoms with Crippen LogP contribution in [0.5, 0.6) is 0 Å². The minimum Gasteiger partial charge on any atom is -0.369 e. The molecule has 0 bridgehead atoms. The van der Waals surface area contributed by atoms with Gasteiger partial charge in [-0.2, -0.15) is 0 Å². The molecule has 19 heavy (non-hydrogen) atoms. The van der Waals surface area contributed by atoms with Crippen LogP contribution in [0.4, 0.5) is 10.3 Å². The highest BCUT2D eigenvalue weighted by atomic mass is 35.5. The summed E-state index contributed by atoms with van der Waals surface area (Å²) in [5.41, 5.74) is 7.58. The van der Waals surface area contributed by atoms with Crippen LogP contribution in [0.3, 0.4) is 0 Å². The maximum atomic E-state index is 13.7. The van der Waals surface area contributed by atoms with Gasteiger partial charge in [0.05, 0.1) is 16.1 Å². The van der Waals surface area contributed by atoms with E-state index in [9.17, 15) is 4.39 Å². The topological polar surface area (TPSA) is 43.8 Å². The van der Waals surface area contributed by atoms with Gasteiger partial charge in [0.15, 0.2) is 0 Å². The molecule has 5 heteroatoms. The Balaban J connectivity index is 2.26. The van der Waals surface area contributed by atoms with E-state index >= 15 is 0 Å². The summed E-state index contributed by atoms with van der Waals surface area (Å²) in [7, 11) is 0. The first-order valence-electron chi connectivity index (χ1n) is 6.30. The number of nitrogen functional groups attached to an aromatic ring is 1. The Morgan fingerprint density at radius 2 is 1.84 bits per heavy atom. The quantitative estimate of drug-likeness (QED) is 0.858. The molecule has 0 unspecified atom stereocenters. The first-order chi connectivity index (χ1) is 8.68. The lowest BCUT2D eigenvalue weighted by Crippen LogP contribution is -2.05. The van der Waals surface area contributed by atoms with Gasteiger partial charge in [-0.25, -0.2) is 9.37 Å². The first kappa shape index (κ1) is 12.7. The number of hydrogen-bond acceptors (Lipinski definition) is 2. The summed E-state index contributed by atoms with van der Waals surface area (Å²) in [6, 6.07) is 3.16. The highest BCUT2D eigenvalue weighted by molar-refractivity contribution is 6.31. The zero-order chi connectivity index (χ0) is 14.2. The van der Waals surface area contributed by atoms with E-state index in [2.05, 4.69) is 32.7 Å². The monoisotopic (exact) mass is 281 g/mol. The molecule has 0 aliphatic heterocycles. The van der Waals surface area contributed by atoms with Crippen LogP contribution in [-0.2, 0) is 0 Å². The molecule has 1 aromatic heterocycles. The molecule has 1 fully saturated rings. The molecule has 0 radical (unpaired) electrons. The predicted octanol–water partition coefficient (Wildman–Crippen LogP) is 4.02. The lowest BCUT2D eigenvalue weighted by molar-refractivity contribution is 0.457. The van der Waals surface area contributed by atoms with E-state index in [0.717, 1.165) is 0 Å². The fourth-order valence-electron chi connectivity index (χ4n) is 3.19. The van der Waals surface area contributed by atoms with E-state index in [0.29, 0.717) is 17.0 Å². The van der Waals surface area contributed by atoms with Crippen LogP contribution in [0.25, 0.3) is 11.0 Å². The third-order valence-corrected chi connectivity index (χ3v) is 5.25. The zero-order valence-corrected chi connectivity index (χ0v) is 12.2. The fourth-order valence-corrected chi connectivity index (χ4v) is 3.35. The Bertz CT molecular complexity index is 674. The summed E-state index contributed by atoms with van der Waals surface area (Å²) in [5, 5.41) is 0.0754. The predicted molar refractivity (Wildman–Crippen MR) is 75.7 cm³/mol. The standard InChI is InChI=1S/C14H17ClFN3/c1-13(2)11(14(13,3)4)19-10-6-8(16)7(15)5-9(10)18-12(19)17/h5-6,11H,1-4H3,(H2,17,18). The molecule has 1 heterocycles. The van der Waals surface area contributed by atoms with Crippen molar-refractivity contribution in [3.05, 3.63) is 23.0 Å². The molecule has 1 saturated carbocycles. The van der Waals surface area contributed by atoms with E-state index in [1.807, 2.05) is 4.57 Å². The summed E-state index contributed by atoms with van der Waals surface area (Å²) in [5.74, 6) is -0.0214. The molecule has 1 aliphatic rings. The van der Waals surface area contributed by atoms with Crippen molar-refractivity contribution in [2.45, 2.75) is 33.7 Å². The Labute approximate surface area is 116 Å². The Kier molecular flexibility index (Phi) is 2.29. The summed E-state index contributed by atoms with van der Waals surface area (Å²) < 4.78 is 15.6. The zero-order valence-electron chi connectivity index (χ0n) is 11.5. The number of hydrogen-bond donors (Lipinski definition) is 1. The van der Waals surface area contributed by atoms with Gasteiger partial charge in [0.1, 0.15) is 5.82 Å². The van der Waals surface area contributed by atoms with E-state index in [1.54, 1.807) is 0 Å². The summed E-state index contributed by atoms with van der Waals surface area (Å²) in [4.78, 5) is 4.30. The van der Waals surface area contributed by atoms with Gasteiger partial charge in [0, 0.05) is 12.1 Å². The highest BCUT2D eigenvalue weighted by Crippen LogP contribution is 2.72. The van der Waals surface area contributed by atoms with Gasteiger partial charge in [0.25, 0.3) is 0 Å². The number of rotatable bonds is 1. The third kappa shape index (κ3) is 1.46. The molecule has 0 atom stereocenters. The number of benzene rings is 1. The number of imidazole rings is 1. The summed E-state index contributed by atoms with van der Waals surface area (Å²) >= 11 is 5.79. The molecule has 2 aromatic rings. The van der Waals surface area contributed by atoms with Crippen LogP contribution in [-0.4, -0.2) is 9.55 Å². The van der Waals surface area contributed by atoms with Crippen molar-refractivity contribution >= 4 is 28.6 Å². The Morgan fingerprint density at radius 3 is 2.37 bits per heavy atom. The Morgan fingerprint density at radius 1 is 1.26 bits per heavy atom. The fraction of sp³-hybridized carbons (Fsp3) is 0.500. The maximum Gasteiger partial charge on any atom is 0.201 e. The molecule has 0 saturated heterocycles. The van der Waals surface area contributed by atoms with E-state index in [4.69, 9.17) is 17.3 Å². The van der Waals surface area contributed by atoms with E-state index < -0.39 is 5.82 Å². The van der Waals surface area contributed by atoms with Gasteiger partial charge in [-0.3, -0.25) is 0 Å². The molecule has 0 amide bonds. The molecular weight excluding hydrogens is 265 g/mol. The van der Waals surface area contributed by atoms with Crippen molar-refractivity contribution in [3.63, 3.8) is 0 Å². The van der Waals surface area contributed by atoms with Crippen LogP contribution in [0.1, 0.15) is 33.7 Å². The Hall–Kier alpha value is -1.29. The average molecular weight is 282 g/mol. The second-order valence-corrected chi connectivity index (χ2v) is 6.85. The van der Waals surface area contributed by atoms with Crippen LogP contribution in [0.2, 0.25) is 5.02 Å². The van der Waals surface area contributed by atoms with Crippen molar-refractivity contribution in [1.82, 2.24) is 9.55 Å². The molecule has 0 spiro atoms. The van der Waals surface area contributed by atoms with Gasteiger partial charge in [-0.1, -0.05) is 39.3 Å². The number of halogens is 2. The molecule has 3 rings (SSSR count). The molecule has 2 N–H and O–H groups in total. The van der Waals surface area contributed by atoms with E-state index in [-0.39, 0.29) is 21.9 Å². The number of anilines is 1. The first-order valence-corrected chi connectivity index (χ1v) is 6.68. The number of nitrogens with two attached hydrogens (primary N) is 1. The van der Waals surface area contributed by atoms with Gasteiger partial charge in [0.2, 0.25) is 5.95 Å². The summed E-state index contributed by atoms with van der Waals surface area (Å²) in [6.45, 7) is 8.76. The number of aromatic nitrogens is 2. The van der Waals surface area contributed by atoms with Crippen molar-refractivity contribution in [2.75, 3.05) is 5.73 Å².